The minimum Gasteiger partial charge on any atom is -0.466 e. The van der Waals surface area contributed by atoms with Crippen LogP contribution in [0.3, 0.4) is 0 Å². The largest absolute Gasteiger partial charge is 0.466 e. The molecule has 24 heavy (non-hydrogen) atoms. The Morgan fingerprint density at radius 2 is 1.21 bits per heavy atom. The lowest BCUT2D eigenvalue weighted by Gasteiger charge is -2.16. The Morgan fingerprint density at radius 3 is 1.71 bits per heavy atom. The first kappa shape index (κ1) is 24.9. The minimum absolute atomic E-state index is 0.0349. The zero-order valence-corrected chi connectivity index (χ0v) is 20.1. The summed E-state index contributed by atoms with van der Waals surface area (Å²) in [6.07, 6.45) is 17.8. The fourth-order valence-corrected chi connectivity index (χ4v) is 4.45. The molecule has 0 aliphatic carbocycles. The Hall–Kier alpha value is 0.930. The molecule has 0 heterocycles. The number of ether oxygens (including phenoxy) is 1. The van der Waals surface area contributed by atoms with Gasteiger partial charge in [0.15, 0.2) is 0 Å². The third kappa shape index (κ3) is 16.4. The molecule has 0 saturated heterocycles. The molecule has 0 aromatic heterocycles. The van der Waals surface area contributed by atoms with Gasteiger partial charge in [0.25, 0.3) is 0 Å². The first-order chi connectivity index (χ1) is 11.6. The van der Waals surface area contributed by atoms with Gasteiger partial charge in [-0.3, -0.25) is 4.79 Å². The standard InChI is InChI=1S/C20H38I2O2/c1-3-5-6-7-9-12-15-18(21)19(22)16-13-10-8-11-14-17-20(23)24-4-2/h18-19H,3-17H2,1-2H3/t18-,19-/m0/s1. The fraction of sp³-hybridized carbons (Fsp3) is 0.950. The summed E-state index contributed by atoms with van der Waals surface area (Å²) in [7, 11) is 0. The van der Waals surface area contributed by atoms with Crippen LogP contribution in [0.15, 0.2) is 0 Å². The van der Waals surface area contributed by atoms with Crippen molar-refractivity contribution in [1.82, 2.24) is 0 Å². The van der Waals surface area contributed by atoms with Crippen LogP contribution in [-0.4, -0.2) is 20.4 Å². The van der Waals surface area contributed by atoms with Crippen molar-refractivity contribution in [3.63, 3.8) is 0 Å². The maximum atomic E-state index is 11.2. The molecule has 2 nitrogen and oxygen atoms in total. The lowest BCUT2D eigenvalue weighted by Crippen LogP contribution is -2.13. The molecule has 0 aromatic rings. The summed E-state index contributed by atoms with van der Waals surface area (Å²) >= 11 is 5.33. The van der Waals surface area contributed by atoms with Gasteiger partial charge in [0, 0.05) is 14.3 Å². The van der Waals surface area contributed by atoms with E-state index >= 15 is 0 Å². The number of esters is 1. The Labute approximate surface area is 177 Å². The Balaban J connectivity index is 3.41. The van der Waals surface area contributed by atoms with Crippen molar-refractivity contribution in [3.8, 4) is 0 Å². The maximum absolute atomic E-state index is 11.2. The number of rotatable bonds is 17. The molecule has 0 amide bonds. The number of carbonyl (C=O) groups excluding carboxylic acids is 1. The molecule has 0 fully saturated rings. The molecule has 4 heteroatoms. The van der Waals surface area contributed by atoms with E-state index in [1.54, 1.807) is 0 Å². The maximum Gasteiger partial charge on any atom is 0.305 e. The highest BCUT2D eigenvalue weighted by Crippen LogP contribution is 2.26. The second kappa shape index (κ2) is 18.7. The highest BCUT2D eigenvalue weighted by molar-refractivity contribution is 14.1. The topological polar surface area (TPSA) is 26.3 Å². The minimum atomic E-state index is -0.0349. The van der Waals surface area contributed by atoms with Crippen molar-refractivity contribution >= 4 is 51.2 Å². The number of alkyl halides is 2. The number of halogens is 2. The Morgan fingerprint density at radius 1 is 0.750 bits per heavy atom. The highest BCUT2D eigenvalue weighted by Gasteiger charge is 2.14. The van der Waals surface area contributed by atoms with Crippen LogP contribution in [0.5, 0.6) is 0 Å². The van der Waals surface area contributed by atoms with Crippen LogP contribution in [0.1, 0.15) is 104 Å². The second-order valence-electron chi connectivity index (χ2n) is 6.70. The molecule has 0 rings (SSSR count). The summed E-state index contributed by atoms with van der Waals surface area (Å²) in [4.78, 5) is 11.2. The van der Waals surface area contributed by atoms with Crippen LogP contribution in [-0.2, 0) is 9.53 Å². The zero-order valence-electron chi connectivity index (χ0n) is 15.8. The van der Waals surface area contributed by atoms with Crippen molar-refractivity contribution in [3.05, 3.63) is 0 Å². The summed E-state index contributed by atoms with van der Waals surface area (Å²) in [5.74, 6) is -0.0349. The Kier molecular flexibility index (Phi) is 19.4. The predicted molar refractivity (Wildman–Crippen MR) is 123 cm³/mol. The van der Waals surface area contributed by atoms with Gasteiger partial charge in [-0.1, -0.05) is 116 Å². The van der Waals surface area contributed by atoms with E-state index in [9.17, 15) is 4.79 Å². The first-order valence-corrected chi connectivity index (χ1v) is 12.5. The molecular formula is C20H38I2O2. The smallest absolute Gasteiger partial charge is 0.305 e. The van der Waals surface area contributed by atoms with E-state index in [1.165, 1.54) is 70.6 Å². The number of unbranched alkanes of at least 4 members (excludes halogenated alkanes) is 9. The molecule has 0 aromatic carbocycles. The lowest BCUT2D eigenvalue weighted by molar-refractivity contribution is -0.143. The SMILES string of the molecule is CCCCCCCC[C@H](I)[C@@H](I)CCCCCCCC(=O)OCC. The van der Waals surface area contributed by atoms with Crippen LogP contribution in [0, 0.1) is 0 Å². The van der Waals surface area contributed by atoms with Crippen molar-refractivity contribution in [2.24, 2.45) is 0 Å². The molecule has 0 radical (unpaired) electrons. The van der Waals surface area contributed by atoms with E-state index in [1.807, 2.05) is 6.92 Å². The van der Waals surface area contributed by atoms with Crippen LogP contribution >= 0.6 is 45.2 Å². The number of carbonyl (C=O) groups is 1. The molecule has 0 aliphatic heterocycles. The average Bonchev–Trinajstić information content (AvgIpc) is 2.56. The molecular weight excluding hydrogens is 526 g/mol. The van der Waals surface area contributed by atoms with Gasteiger partial charge in [-0.15, -0.1) is 0 Å². The fourth-order valence-electron chi connectivity index (χ4n) is 2.85. The van der Waals surface area contributed by atoms with Crippen molar-refractivity contribution in [2.75, 3.05) is 6.61 Å². The third-order valence-electron chi connectivity index (χ3n) is 4.39. The van der Waals surface area contributed by atoms with E-state index < -0.39 is 0 Å². The van der Waals surface area contributed by atoms with Gasteiger partial charge < -0.3 is 4.74 Å². The van der Waals surface area contributed by atoms with Crippen molar-refractivity contribution < 1.29 is 9.53 Å². The summed E-state index contributed by atoms with van der Waals surface area (Å²) in [5.41, 5.74) is 0. The Bertz CT molecular complexity index is 285. The van der Waals surface area contributed by atoms with Gasteiger partial charge in [0.1, 0.15) is 0 Å². The molecule has 0 N–H and O–H groups in total. The predicted octanol–water partition coefficient (Wildman–Crippen LogP) is 7.64. The molecule has 144 valence electrons. The third-order valence-corrected chi connectivity index (χ3v) is 8.75. The first-order valence-electron chi connectivity index (χ1n) is 10.1. The van der Waals surface area contributed by atoms with Crippen molar-refractivity contribution in [2.45, 2.75) is 112 Å². The number of hydrogen-bond donors (Lipinski definition) is 0. The van der Waals surface area contributed by atoms with Crippen LogP contribution in [0.25, 0.3) is 0 Å². The molecule has 0 unspecified atom stereocenters. The zero-order chi connectivity index (χ0) is 18.0. The normalized spacial score (nSPS) is 13.7. The second-order valence-corrected chi connectivity index (χ2v) is 9.90. The summed E-state index contributed by atoms with van der Waals surface area (Å²) in [6, 6.07) is 0. The van der Waals surface area contributed by atoms with Gasteiger partial charge in [-0.05, 0) is 26.2 Å². The van der Waals surface area contributed by atoms with Gasteiger partial charge in [0.2, 0.25) is 0 Å². The number of hydrogen-bond acceptors (Lipinski definition) is 2. The summed E-state index contributed by atoms with van der Waals surface area (Å²) in [6.45, 7) is 4.65. The van der Waals surface area contributed by atoms with E-state index in [2.05, 4.69) is 52.1 Å². The molecule has 0 aliphatic rings. The van der Waals surface area contributed by atoms with Crippen LogP contribution in [0.4, 0.5) is 0 Å². The summed E-state index contributed by atoms with van der Waals surface area (Å²) < 4.78 is 6.60. The summed E-state index contributed by atoms with van der Waals surface area (Å²) in [5, 5.41) is 0. The van der Waals surface area contributed by atoms with Gasteiger partial charge in [0.05, 0.1) is 6.61 Å². The highest BCUT2D eigenvalue weighted by atomic mass is 127. The molecule has 2 atom stereocenters. The quantitative estimate of drug-likeness (QED) is 0.0786. The van der Waals surface area contributed by atoms with Gasteiger partial charge in [-0.2, -0.15) is 0 Å². The molecule has 0 bridgehead atoms. The average molecular weight is 564 g/mol. The van der Waals surface area contributed by atoms with E-state index in [0.29, 0.717) is 13.0 Å². The lowest BCUT2D eigenvalue weighted by atomic mass is 10.0. The van der Waals surface area contributed by atoms with Crippen LogP contribution in [0.2, 0.25) is 0 Å². The van der Waals surface area contributed by atoms with Crippen LogP contribution < -0.4 is 0 Å². The monoisotopic (exact) mass is 564 g/mol. The van der Waals surface area contributed by atoms with Gasteiger partial charge in [-0.25, -0.2) is 0 Å². The van der Waals surface area contributed by atoms with Crippen molar-refractivity contribution in [1.29, 1.82) is 0 Å². The molecule has 0 saturated carbocycles. The van der Waals surface area contributed by atoms with E-state index in [-0.39, 0.29) is 5.97 Å². The van der Waals surface area contributed by atoms with Gasteiger partial charge >= 0.3 is 5.97 Å². The van der Waals surface area contributed by atoms with E-state index in [4.69, 9.17) is 4.74 Å². The molecule has 0 spiro atoms. The van der Waals surface area contributed by atoms with E-state index in [0.717, 1.165) is 20.7 Å².